The lowest BCUT2D eigenvalue weighted by molar-refractivity contribution is -0.134. The fourth-order valence-corrected chi connectivity index (χ4v) is 2.57. The average Bonchev–Trinajstić information content (AvgIpc) is 2.84. The summed E-state index contributed by atoms with van der Waals surface area (Å²) in [6, 6.07) is -0.693. The summed E-state index contributed by atoms with van der Waals surface area (Å²) in [5, 5.41) is 11.8. The fourth-order valence-electron chi connectivity index (χ4n) is 2.57. The molecule has 2 heterocycles. The van der Waals surface area contributed by atoms with E-state index in [0.29, 0.717) is 18.5 Å². The molecule has 2 aliphatic rings. The number of piperidine rings is 1. The van der Waals surface area contributed by atoms with Gasteiger partial charge in [-0.05, 0) is 25.3 Å². The summed E-state index contributed by atoms with van der Waals surface area (Å²) in [5.74, 6) is -1.17. The van der Waals surface area contributed by atoms with Crippen LogP contribution in [0, 0.1) is 0 Å². The van der Waals surface area contributed by atoms with Gasteiger partial charge in [0.25, 0.3) is 5.91 Å². The van der Waals surface area contributed by atoms with Gasteiger partial charge in [0.2, 0.25) is 11.8 Å². The molecule has 1 aromatic heterocycles. The van der Waals surface area contributed by atoms with Gasteiger partial charge in [0.1, 0.15) is 6.04 Å². The number of allylic oxidation sites excluding steroid dienone is 3. The van der Waals surface area contributed by atoms with Gasteiger partial charge in [0.15, 0.2) is 5.69 Å². The van der Waals surface area contributed by atoms with Crippen LogP contribution >= 0.6 is 0 Å². The van der Waals surface area contributed by atoms with Crippen LogP contribution in [0.5, 0.6) is 0 Å². The van der Waals surface area contributed by atoms with Gasteiger partial charge in [-0.1, -0.05) is 18.2 Å². The molecule has 1 atom stereocenters. The second-order valence-electron chi connectivity index (χ2n) is 5.27. The number of hydrogen-bond acceptors (Lipinski definition) is 4. The minimum absolute atomic E-state index is 0.225. The maximum absolute atomic E-state index is 12.4. The van der Waals surface area contributed by atoms with Gasteiger partial charge in [-0.3, -0.25) is 24.8 Å². The van der Waals surface area contributed by atoms with Crippen molar-refractivity contribution < 1.29 is 14.4 Å². The number of carbonyl (C=O) groups is 3. The Bertz CT molecular complexity index is 687. The summed E-state index contributed by atoms with van der Waals surface area (Å²) in [5.41, 5.74) is 1.95. The van der Waals surface area contributed by atoms with Gasteiger partial charge in [0, 0.05) is 12.0 Å². The highest BCUT2D eigenvalue weighted by atomic mass is 16.2. The van der Waals surface area contributed by atoms with Crippen molar-refractivity contribution in [3.8, 4) is 0 Å². The first-order chi connectivity index (χ1) is 10.6. The standard InChI is InChI=1S/C15H16N4O3/c20-12-8-7-11(14(21)17-12)16-15(22)13-9-5-3-1-2-4-6-10(9)18-19-13/h1-2,4,6,11H,3,5,7-8H2,(H,16,22)(H,18,19)(H,17,20,21)/b2-1-,6-4?. The molecule has 1 fully saturated rings. The number of carbonyl (C=O) groups excluding carboxylic acids is 3. The predicted molar refractivity (Wildman–Crippen MR) is 78.7 cm³/mol. The zero-order valence-electron chi connectivity index (χ0n) is 11.9. The van der Waals surface area contributed by atoms with Gasteiger partial charge < -0.3 is 5.32 Å². The minimum Gasteiger partial charge on any atom is -0.339 e. The highest BCUT2D eigenvalue weighted by Gasteiger charge is 2.29. The zero-order chi connectivity index (χ0) is 15.5. The fraction of sp³-hybridized carbons (Fsp3) is 0.333. The van der Waals surface area contributed by atoms with Crippen molar-refractivity contribution in [1.82, 2.24) is 20.8 Å². The Morgan fingerprint density at radius 2 is 2.14 bits per heavy atom. The Kier molecular flexibility index (Phi) is 3.86. The zero-order valence-corrected chi connectivity index (χ0v) is 11.9. The average molecular weight is 300 g/mol. The third-order valence-corrected chi connectivity index (χ3v) is 3.73. The number of rotatable bonds is 2. The Balaban J connectivity index is 1.76. The first-order valence-electron chi connectivity index (χ1n) is 7.20. The molecule has 0 aromatic carbocycles. The maximum atomic E-state index is 12.4. The van der Waals surface area contributed by atoms with E-state index in [1.807, 2.05) is 24.3 Å². The lowest BCUT2D eigenvalue weighted by Gasteiger charge is -2.21. The SMILES string of the molecule is O=C1CCC(NC(=O)c2n[nH]c3c2CC/C=C\C=C3)C(=O)N1. The molecule has 1 aliphatic carbocycles. The van der Waals surface area contributed by atoms with Crippen molar-refractivity contribution >= 4 is 23.8 Å². The van der Waals surface area contributed by atoms with Crippen molar-refractivity contribution in [3.63, 3.8) is 0 Å². The largest absolute Gasteiger partial charge is 0.339 e. The number of fused-ring (bicyclic) bond motifs is 1. The van der Waals surface area contributed by atoms with Crippen LogP contribution in [-0.4, -0.2) is 34.0 Å². The van der Waals surface area contributed by atoms with E-state index in [1.165, 1.54) is 0 Å². The number of hydrogen-bond donors (Lipinski definition) is 3. The Hall–Kier alpha value is -2.70. The predicted octanol–water partition coefficient (Wildman–Crippen LogP) is 0.460. The molecule has 1 saturated heterocycles. The molecule has 0 bridgehead atoms. The van der Waals surface area contributed by atoms with E-state index in [2.05, 4.69) is 20.8 Å². The van der Waals surface area contributed by atoms with Gasteiger partial charge in [-0.15, -0.1) is 0 Å². The third-order valence-electron chi connectivity index (χ3n) is 3.73. The van der Waals surface area contributed by atoms with Crippen LogP contribution in [0.3, 0.4) is 0 Å². The minimum atomic E-state index is -0.693. The molecule has 3 rings (SSSR count). The lowest BCUT2D eigenvalue weighted by atomic mass is 10.0. The third kappa shape index (κ3) is 2.83. The lowest BCUT2D eigenvalue weighted by Crippen LogP contribution is -2.52. The van der Waals surface area contributed by atoms with Crippen LogP contribution < -0.4 is 10.6 Å². The van der Waals surface area contributed by atoms with Crippen LogP contribution in [-0.2, 0) is 16.0 Å². The normalized spacial score (nSPS) is 22.3. The van der Waals surface area contributed by atoms with E-state index >= 15 is 0 Å². The molecule has 1 aliphatic heterocycles. The molecule has 3 N–H and O–H groups in total. The van der Waals surface area contributed by atoms with Gasteiger partial charge in [-0.25, -0.2) is 0 Å². The van der Waals surface area contributed by atoms with E-state index in [4.69, 9.17) is 0 Å². The van der Waals surface area contributed by atoms with E-state index < -0.39 is 17.9 Å². The van der Waals surface area contributed by atoms with Crippen LogP contribution in [0.1, 0.15) is 41.0 Å². The molecule has 3 amide bonds. The summed E-state index contributed by atoms with van der Waals surface area (Å²) < 4.78 is 0. The van der Waals surface area contributed by atoms with Crippen molar-refractivity contribution in [2.45, 2.75) is 31.7 Å². The second-order valence-corrected chi connectivity index (χ2v) is 5.27. The second kappa shape index (κ2) is 5.97. The summed E-state index contributed by atoms with van der Waals surface area (Å²) in [7, 11) is 0. The number of nitrogens with one attached hydrogen (secondary N) is 3. The van der Waals surface area contributed by atoms with E-state index in [1.54, 1.807) is 0 Å². The van der Waals surface area contributed by atoms with Gasteiger partial charge in [0.05, 0.1) is 5.69 Å². The maximum Gasteiger partial charge on any atom is 0.272 e. The quantitative estimate of drug-likeness (QED) is 0.690. The summed E-state index contributed by atoms with van der Waals surface area (Å²) >= 11 is 0. The highest BCUT2D eigenvalue weighted by Crippen LogP contribution is 2.18. The molecule has 0 radical (unpaired) electrons. The molecular weight excluding hydrogens is 284 g/mol. The number of aromatic nitrogens is 2. The molecule has 1 aromatic rings. The summed E-state index contributed by atoms with van der Waals surface area (Å²) in [4.78, 5) is 35.2. The van der Waals surface area contributed by atoms with E-state index in [0.717, 1.165) is 17.7 Å². The molecule has 22 heavy (non-hydrogen) atoms. The van der Waals surface area contributed by atoms with Crippen LogP contribution in [0.25, 0.3) is 6.08 Å². The number of H-pyrrole nitrogens is 1. The first kappa shape index (κ1) is 14.2. The van der Waals surface area contributed by atoms with E-state index in [9.17, 15) is 14.4 Å². The summed E-state index contributed by atoms with van der Waals surface area (Å²) in [6.07, 6.45) is 9.77. The van der Waals surface area contributed by atoms with Gasteiger partial charge in [-0.2, -0.15) is 5.10 Å². The Morgan fingerprint density at radius 3 is 2.95 bits per heavy atom. The Labute approximate surface area is 126 Å². The molecule has 0 saturated carbocycles. The number of aromatic amines is 1. The monoisotopic (exact) mass is 300 g/mol. The molecule has 1 unspecified atom stereocenters. The van der Waals surface area contributed by atoms with E-state index in [-0.39, 0.29) is 12.3 Å². The molecule has 114 valence electrons. The number of amides is 3. The Morgan fingerprint density at radius 1 is 1.27 bits per heavy atom. The van der Waals surface area contributed by atoms with Crippen molar-refractivity contribution in [1.29, 1.82) is 0 Å². The van der Waals surface area contributed by atoms with Crippen LogP contribution in [0.2, 0.25) is 0 Å². The van der Waals surface area contributed by atoms with Crippen molar-refractivity contribution in [3.05, 3.63) is 35.2 Å². The number of imide groups is 1. The van der Waals surface area contributed by atoms with Crippen molar-refractivity contribution in [2.24, 2.45) is 0 Å². The van der Waals surface area contributed by atoms with Crippen LogP contribution in [0.4, 0.5) is 0 Å². The topological polar surface area (TPSA) is 104 Å². The molecule has 7 heteroatoms. The van der Waals surface area contributed by atoms with Gasteiger partial charge >= 0.3 is 0 Å². The van der Waals surface area contributed by atoms with Crippen molar-refractivity contribution in [2.75, 3.05) is 0 Å². The highest BCUT2D eigenvalue weighted by molar-refractivity contribution is 6.03. The van der Waals surface area contributed by atoms with Crippen LogP contribution in [0.15, 0.2) is 18.2 Å². The molecule has 7 nitrogen and oxygen atoms in total. The smallest absolute Gasteiger partial charge is 0.272 e. The number of nitrogens with zero attached hydrogens (tertiary/aromatic N) is 1. The molecular formula is C15H16N4O3. The molecule has 0 spiro atoms. The summed E-state index contributed by atoms with van der Waals surface area (Å²) in [6.45, 7) is 0. The first-order valence-corrected chi connectivity index (χ1v) is 7.20.